The number of carbonyl (C=O) groups excluding carboxylic acids is 2. The second-order valence-corrected chi connectivity index (χ2v) is 16.5. The highest BCUT2D eigenvalue weighted by molar-refractivity contribution is 5.68. The first-order valence-electron chi connectivity index (χ1n) is 19.1. The van der Waals surface area contributed by atoms with Crippen LogP contribution < -0.4 is 0 Å². The van der Waals surface area contributed by atoms with E-state index in [1.54, 1.807) is 5.57 Å². The van der Waals surface area contributed by atoms with E-state index in [2.05, 4.69) is 33.8 Å². The minimum absolute atomic E-state index is 0.0192. The van der Waals surface area contributed by atoms with E-state index in [1.807, 2.05) is 65.6 Å². The van der Waals surface area contributed by atoms with E-state index in [1.165, 1.54) is 11.1 Å². The van der Waals surface area contributed by atoms with Crippen molar-refractivity contribution in [3.63, 3.8) is 0 Å². The van der Waals surface area contributed by atoms with Gasteiger partial charge in [-0.2, -0.15) is 0 Å². The summed E-state index contributed by atoms with van der Waals surface area (Å²) >= 11 is 0. The predicted molar refractivity (Wildman–Crippen MR) is 191 cm³/mol. The average Bonchev–Trinajstić information content (AvgIpc) is 3.65. The average molecular weight is 680 g/mol. The van der Waals surface area contributed by atoms with Gasteiger partial charge in [0.2, 0.25) is 0 Å². The standard InChI is InChI=1S/C43H53NO6/c1-27-21-38-39(44(24-27)40(45)47-25-30-11-7-5-8-12-30)29(3)43(50-38)20-18-34-35-16-15-32-22-33(49-41(46)48-26-31-13-9-6-10-14-31)17-19-42(32,4)37(35)23-36(34)28(43)2/h5-15,27,29,33-35,37-39H,16-26H2,1-4H3/t27-,29+,33-,34-,35-,37-,38+,39-,42-,43-/m0/s1. The van der Waals surface area contributed by atoms with Gasteiger partial charge in [-0.1, -0.05) is 98.7 Å². The van der Waals surface area contributed by atoms with Crippen LogP contribution in [0.5, 0.6) is 0 Å². The zero-order valence-electron chi connectivity index (χ0n) is 30.1. The lowest BCUT2D eigenvalue weighted by molar-refractivity contribution is -0.0639. The van der Waals surface area contributed by atoms with Crippen molar-refractivity contribution in [2.75, 3.05) is 6.54 Å². The van der Waals surface area contributed by atoms with Crippen LogP contribution in [0.3, 0.4) is 0 Å². The zero-order valence-corrected chi connectivity index (χ0v) is 30.1. The Balaban J connectivity index is 0.958. The number of rotatable bonds is 5. The molecule has 0 aromatic heterocycles. The highest BCUT2D eigenvalue weighted by atomic mass is 16.7. The van der Waals surface area contributed by atoms with E-state index < -0.39 is 6.16 Å². The lowest BCUT2D eigenvalue weighted by atomic mass is 9.56. The van der Waals surface area contributed by atoms with Gasteiger partial charge in [0.05, 0.1) is 17.7 Å². The van der Waals surface area contributed by atoms with Gasteiger partial charge in [0.25, 0.3) is 0 Å². The van der Waals surface area contributed by atoms with Crippen molar-refractivity contribution in [2.45, 2.75) is 116 Å². The van der Waals surface area contributed by atoms with Gasteiger partial charge >= 0.3 is 12.2 Å². The molecule has 50 heavy (non-hydrogen) atoms. The molecule has 8 rings (SSSR count). The molecule has 4 aliphatic carbocycles. The molecule has 1 amide bonds. The van der Waals surface area contributed by atoms with Crippen molar-refractivity contribution in [3.8, 4) is 0 Å². The fraction of sp³-hybridized carbons (Fsp3) is 0.581. The van der Waals surface area contributed by atoms with Crippen molar-refractivity contribution < 1.29 is 28.5 Å². The lowest BCUT2D eigenvalue weighted by Gasteiger charge is -2.49. The summed E-state index contributed by atoms with van der Waals surface area (Å²) in [5.74, 6) is 2.37. The number of carbonyl (C=O) groups is 2. The molecule has 7 nitrogen and oxygen atoms in total. The summed E-state index contributed by atoms with van der Waals surface area (Å²) in [6.07, 6.45) is 9.62. The summed E-state index contributed by atoms with van der Waals surface area (Å²) in [6.45, 7) is 10.6. The Hall–Kier alpha value is -3.58. The molecule has 2 aromatic carbocycles. The number of hydrogen-bond acceptors (Lipinski definition) is 6. The highest BCUT2D eigenvalue weighted by Crippen LogP contribution is 2.65. The molecule has 2 heterocycles. The van der Waals surface area contributed by atoms with Crippen LogP contribution in [0.2, 0.25) is 0 Å². The smallest absolute Gasteiger partial charge is 0.445 e. The van der Waals surface area contributed by atoms with Crippen molar-refractivity contribution >= 4 is 12.2 Å². The second-order valence-electron chi connectivity index (χ2n) is 16.5. The summed E-state index contributed by atoms with van der Waals surface area (Å²) in [7, 11) is 0. The number of allylic oxidation sites excluding steroid dienone is 2. The molecular weight excluding hydrogens is 626 g/mol. The van der Waals surface area contributed by atoms with Crippen molar-refractivity contribution in [1.82, 2.24) is 4.90 Å². The molecule has 2 saturated carbocycles. The third-order valence-corrected chi connectivity index (χ3v) is 13.9. The molecule has 2 aromatic rings. The number of likely N-dealkylation sites (tertiary alicyclic amines) is 1. The minimum Gasteiger partial charge on any atom is -0.445 e. The number of nitrogens with zero attached hydrogens (tertiary/aromatic N) is 1. The fourth-order valence-corrected chi connectivity index (χ4v) is 11.3. The van der Waals surface area contributed by atoms with Crippen LogP contribution in [0.4, 0.5) is 9.59 Å². The maximum absolute atomic E-state index is 13.6. The first-order chi connectivity index (χ1) is 24.2. The van der Waals surface area contributed by atoms with Gasteiger partial charge in [-0.15, -0.1) is 0 Å². The normalized spacial score (nSPS) is 37.3. The van der Waals surface area contributed by atoms with Crippen LogP contribution in [0.25, 0.3) is 0 Å². The van der Waals surface area contributed by atoms with E-state index in [0.717, 1.165) is 62.5 Å². The van der Waals surface area contributed by atoms with Gasteiger partial charge in [0, 0.05) is 18.9 Å². The van der Waals surface area contributed by atoms with Crippen LogP contribution in [0, 0.1) is 35.0 Å². The molecule has 0 bridgehead atoms. The third-order valence-electron chi connectivity index (χ3n) is 13.9. The molecule has 266 valence electrons. The number of hydrogen-bond donors (Lipinski definition) is 0. The van der Waals surface area contributed by atoms with Crippen LogP contribution >= 0.6 is 0 Å². The molecule has 7 heteroatoms. The van der Waals surface area contributed by atoms with Gasteiger partial charge in [-0.3, -0.25) is 0 Å². The summed E-state index contributed by atoms with van der Waals surface area (Å²) in [5, 5.41) is 0. The Kier molecular flexibility index (Phi) is 8.85. The molecular formula is C43H53NO6. The number of fused-ring (bicyclic) bond motifs is 6. The number of amides is 1. The summed E-state index contributed by atoms with van der Waals surface area (Å²) in [5.41, 5.74) is 6.27. The van der Waals surface area contributed by atoms with Gasteiger partial charge < -0.3 is 23.8 Å². The first kappa shape index (κ1) is 33.6. The van der Waals surface area contributed by atoms with Gasteiger partial charge in [0.15, 0.2) is 0 Å². The molecule has 0 radical (unpaired) electrons. The first-order valence-corrected chi connectivity index (χ1v) is 19.1. The maximum Gasteiger partial charge on any atom is 0.508 e. The minimum atomic E-state index is -0.571. The van der Waals surface area contributed by atoms with Gasteiger partial charge in [0.1, 0.15) is 19.3 Å². The number of benzene rings is 2. The SMILES string of the molecule is CC1=C2C[C@H]3[C@@H](CC=C4C[C@@H](OC(=O)OCc5ccccc5)CC[C@@]43C)[C@@H]2CC[C@]12O[C@@H]1C[C@H](C)CN(C(=O)OCc3ccccc3)[C@H]1[C@H]2C. The fourth-order valence-electron chi connectivity index (χ4n) is 11.3. The molecule has 2 aliphatic heterocycles. The Morgan fingerprint density at radius 2 is 1.62 bits per heavy atom. The van der Waals surface area contributed by atoms with Crippen molar-refractivity contribution in [2.24, 2.45) is 35.0 Å². The number of ether oxygens (including phenoxy) is 4. The van der Waals surface area contributed by atoms with E-state index in [0.29, 0.717) is 30.2 Å². The Morgan fingerprint density at radius 1 is 0.920 bits per heavy atom. The third kappa shape index (κ3) is 5.78. The van der Waals surface area contributed by atoms with Crippen LogP contribution in [0.15, 0.2) is 83.5 Å². The summed E-state index contributed by atoms with van der Waals surface area (Å²) < 4.78 is 24.5. The van der Waals surface area contributed by atoms with Crippen molar-refractivity contribution in [3.05, 3.63) is 94.6 Å². The molecule has 4 fully saturated rings. The maximum atomic E-state index is 13.6. The van der Waals surface area contributed by atoms with E-state index in [4.69, 9.17) is 18.9 Å². The van der Waals surface area contributed by atoms with E-state index in [9.17, 15) is 9.59 Å². The molecule has 6 aliphatic rings. The quantitative estimate of drug-likeness (QED) is 0.232. The number of piperidine rings is 1. The topological polar surface area (TPSA) is 74.3 Å². The largest absolute Gasteiger partial charge is 0.508 e. The summed E-state index contributed by atoms with van der Waals surface area (Å²) in [6, 6.07) is 19.7. The monoisotopic (exact) mass is 679 g/mol. The van der Waals surface area contributed by atoms with E-state index >= 15 is 0 Å². The molecule has 1 spiro atoms. The van der Waals surface area contributed by atoms with E-state index in [-0.39, 0.29) is 54.5 Å². The Morgan fingerprint density at radius 3 is 2.34 bits per heavy atom. The van der Waals surface area contributed by atoms with Gasteiger partial charge in [-0.05, 0) is 97.7 Å². The molecule has 0 N–H and O–H groups in total. The van der Waals surface area contributed by atoms with Crippen LogP contribution in [0.1, 0.15) is 90.2 Å². The highest BCUT2D eigenvalue weighted by Gasteiger charge is 2.62. The molecule has 0 unspecified atom stereocenters. The van der Waals surface area contributed by atoms with Crippen LogP contribution in [-0.2, 0) is 32.2 Å². The lowest BCUT2D eigenvalue weighted by Crippen LogP contribution is -2.54. The van der Waals surface area contributed by atoms with Crippen LogP contribution in [-0.4, -0.2) is 47.5 Å². The zero-order chi connectivity index (χ0) is 34.6. The van der Waals surface area contributed by atoms with Gasteiger partial charge in [-0.25, -0.2) is 9.59 Å². The molecule has 2 saturated heterocycles. The second kappa shape index (κ2) is 13.2. The molecule has 10 atom stereocenters. The summed E-state index contributed by atoms with van der Waals surface area (Å²) in [4.78, 5) is 28.3. The Bertz CT molecular complexity index is 1650. The Labute approximate surface area is 297 Å². The van der Waals surface area contributed by atoms with Crippen molar-refractivity contribution in [1.29, 1.82) is 0 Å². The predicted octanol–water partition coefficient (Wildman–Crippen LogP) is 9.41.